The predicted molar refractivity (Wildman–Crippen MR) is 128 cm³/mol. The van der Waals surface area contributed by atoms with Gasteiger partial charge in [0.25, 0.3) is 0 Å². The van der Waals surface area contributed by atoms with E-state index in [-0.39, 0.29) is 11.8 Å². The number of anilines is 1. The van der Waals surface area contributed by atoms with Crippen LogP contribution in [0.2, 0.25) is 0 Å². The van der Waals surface area contributed by atoms with Crippen LogP contribution in [0.15, 0.2) is 18.2 Å². The van der Waals surface area contributed by atoms with Gasteiger partial charge in [-0.15, -0.1) is 0 Å². The number of amides is 1. The Labute approximate surface area is 190 Å². The van der Waals surface area contributed by atoms with Crippen molar-refractivity contribution in [3.05, 3.63) is 18.2 Å². The molecule has 0 aliphatic carbocycles. The molecule has 0 saturated carbocycles. The molecule has 1 aromatic heterocycles. The third-order valence-corrected chi connectivity index (χ3v) is 7.87. The highest BCUT2D eigenvalue weighted by atomic mass is 32.1. The number of rotatable bonds is 7. The molecule has 7 heteroatoms. The summed E-state index contributed by atoms with van der Waals surface area (Å²) in [7, 11) is 1.69. The summed E-state index contributed by atoms with van der Waals surface area (Å²) in [6.45, 7) is 10.7. The van der Waals surface area contributed by atoms with Gasteiger partial charge in [-0.25, -0.2) is 4.98 Å². The maximum atomic E-state index is 12.7. The average molecular weight is 445 g/mol. The molecule has 6 nitrogen and oxygen atoms in total. The van der Waals surface area contributed by atoms with Gasteiger partial charge in [0.1, 0.15) is 5.75 Å². The SMILES string of the molecule is COc1ccc2nc(N3CCC(C(=O)NC[C@@H](C)CN4CCC(C)CC4)CC3)sc2c1. The first-order valence-corrected chi connectivity index (χ1v) is 12.5. The van der Waals surface area contributed by atoms with Crippen molar-refractivity contribution in [2.24, 2.45) is 17.8 Å². The van der Waals surface area contributed by atoms with Crippen molar-refractivity contribution in [3.63, 3.8) is 0 Å². The monoisotopic (exact) mass is 444 g/mol. The molecule has 2 aliphatic heterocycles. The lowest BCUT2D eigenvalue weighted by Gasteiger charge is -2.33. The predicted octanol–water partition coefficient (Wildman–Crippen LogP) is 4.01. The standard InChI is InChI=1S/C24H36N4O2S/c1-17-6-10-27(11-7-17)16-18(2)15-25-23(29)19-8-12-28(13-9-19)24-26-21-5-4-20(30-3)14-22(21)31-24/h4-5,14,17-19H,6-13,15-16H2,1-3H3,(H,25,29)/t18-/m1/s1. The molecule has 2 aromatic rings. The molecule has 1 atom stereocenters. The number of ether oxygens (including phenoxy) is 1. The zero-order valence-corrected chi connectivity index (χ0v) is 19.9. The summed E-state index contributed by atoms with van der Waals surface area (Å²) in [6, 6.07) is 6.01. The molecule has 0 radical (unpaired) electrons. The summed E-state index contributed by atoms with van der Waals surface area (Å²) in [4.78, 5) is 22.4. The van der Waals surface area contributed by atoms with E-state index in [2.05, 4.69) is 29.0 Å². The molecule has 2 fully saturated rings. The van der Waals surface area contributed by atoms with E-state index in [4.69, 9.17) is 9.72 Å². The molecule has 0 unspecified atom stereocenters. The Hall–Kier alpha value is -1.86. The van der Waals surface area contributed by atoms with E-state index in [9.17, 15) is 4.79 Å². The van der Waals surface area contributed by atoms with Gasteiger partial charge in [0.15, 0.2) is 5.13 Å². The summed E-state index contributed by atoms with van der Waals surface area (Å²) >= 11 is 1.70. The van der Waals surface area contributed by atoms with Gasteiger partial charge in [0, 0.05) is 32.1 Å². The zero-order chi connectivity index (χ0) is 21.8. The van der Waals surface area contributed by atoms with Crippen LogP contribution in [-0.4, -0.2) is 62.2 Å². The molecule has 1 N–H and O–H groups in total. The number of hydrogen-bond donors (Lipinski definition) is 1. The van der Waals surface area contributed by atoms with Crippen molar-refractivity contribution >= 4 is 32.6 Å². The summed E-state index contributed by atoms with van der Waals surface area (Å²) in [5.41, 5.74) is 1.01. The van der Waals surface area contributed by atoms with Gasteiger partial charge < -0.3 is 19.9 Å². The van der Waals surface area contributed by atoms with Crippen LogP contribution in [0.3, 0.4) is 0 Å². The summed E-state index contributed by atoms with van der Waals surface area (Å²) in [5, 5.41) is 4.28. The number of thiazole rings is 1. The van der Waals surface area contributed by atoms with Crippen molar-refractivity contribution in [1.82, 2.24) is 15.2 Å². The first-order chi connectivity index (χ1) is 15.0. The van der Waals surface area contributed by atoms with Gasteiger partial charge in [-0.1, -0.05) is 25.2 Å². The maximum Gasteiger partial charge on any atom is 0.223 e. The largest absolute Gasteiger partial charge is 0.497 e. The maximum absolute atomic E-state index is 12.7. The normalized spacial score (nSPS) is 20.2. The number of methoxy groups -OCH3 is 1. The highest BCUT2D eigenvalue weighted by molar-refractivity contribution is 7.22. The Morgan fingerprint density at radius 1 is 1.23 bits per heavy atom. The van der Waals surface area contributed by atoms with Crippen LogP contribution >= 0.6 is 11.3 Å². The molecule has 0 bridgehead atoms. The Kier molecular flexibility index (Phi) is 7.33. The first-order valence-electron chi connectivity index (χ1n) is 11.7. The fraction of sp³-hybridized carbons (Fsp3) is 0.667. The third-order valence-electron chi connectivity index (χ3n) is 6.79. The highest BCUT2D eigenvalue weighted by Gasteiger charge is 2.27. The number of carbonyl (C=O) groups excluding carboxylic acids is 1. The Bertz CT molecular complexity index is 870. The number of aromatic nitrogens is 1. The lowest BCUT2D eigenvalue weighted by atomic mass is 9.96. The number of nitrogens with one attached hydrogen (secondary N) is 1. The molecule has 31 heavy (non-hydrogen) atoms. The van der Waals surface area contributed by atoms with E-state index >= 15 is 0 Å². The molecule has 1 amide bonds. The van der Waals surface area contributed by atoms with Crippen LogP contribution < -0.4 is 15.0 Å². The van der Waals surface area contributed by atoms with Crippen molar-refractivity contribution < 1.29 is 9.53 Å². The molecule has 1 aromatic carbocycles. The third kappa shape index (κ3) is 5.69. The van der Waals surface area contributed by atoms with Gasteiger partial charge in [0.05, 0.1) is 17.3 Å². The van der Waals surface area contributed by atoms with E-state index in [0.717, 1.165) is 66.0 Å². The number of fused-ring (bicyclic) bond motifs is 1. The van der Waals surface area contributed by atoms with Gasteiger partial charge in [-0.05, 0) is 68.8 Å². The second-order valence-electron chi connectivity index (χ2n) is 9.42. The van der Waals surface area contributed by atoms with E-state index in [0.29, 0.717) is 5.92 Å². The number of likely N-dealkylation sites (tertiary alicyclic amines) is 1. The second-order valence-corrected chi connectivity index (χ2v) is 10.4. The van der Waals surface area contributed by atoms with Gasteiger partial charge in [0.2, 0.25) is 5.91 Å². The molecule has 0 spiro atoms. The molecule has 2 saturated heterocycles. The van der Waals surface area contributed by atoms with Crippen LogP contribution in [0.25, 0.3) is 10.2 Å². The number of hydrogen-bond acceptors (Lipinski definition) is 6. The summed E-state index contributed by atoms with van der Waals surface area (Å²) < 4.78 is 6.47. The molecule has 4 rings (SSSR count). The minimum Gasteiger partial charge on any atom is -0.497 e. The summed E-state index contributed by atoms with van der Waals surface area (Å²) in [6.07, 6.45) is 4.40. The molecular formula is C24H36N4O2S. The Morgan fingerprint density at radius 2 is 1.97 bits per heavy atom. The van der Waals surface area contributed by atoms with Crippen molar-refractivity contribution in [2.75, 3.05) is 51.3 Å². The minimum absolute atomic E-state index is 0.119. The van der Waals surface area contributed by atoms with Crippen molar-refractivity contribution in [3.8, 4) is 5.75 Å². The topological polar surface area (TPSA) is 57.7 Å². The second kappa shape index (κ2) is 10.2. The minimum atomic E-state index is 0.119. The van der Waals surface area contributed by atoms with Gasteiger partial charge in [-0.2, -0.15) is 0 Å². The fourth-order valence-electron chi connectivity index (χ4n) is 4.66. The van der Waals surface area contributed by atoms with E-state index < -0.39 is 0 Å². The summed E-state index contributed by atoms with van der Waals surface area (Å²) in [5.74, 6) is 2.57. The van der Waals surface area contributed by atoms with Crippen LogP contribution in [-0.2, 0) is 4.79 Å². The number of carbonyl (C=O) groups is 1. The average Bonchev–Trinajstić information content (AvgIpc) is 3.22. The van der Waals surface area contributed by atoms with Crippen LogP contribution in [0.4, 0.5) is 5.13 Å². The Balaban J connectivity index is 1.21. The molecule has 3 heterocycles. The van der Waals surface area contributed by atoms with Crippen LogP contribution in [0, 0.1) is 17.8 Å². The van der Waals surface area contributed by atoms with E-state index in [1.54, 1.807) is 18.4 Å². The highest BCUT2D eigenvalue weighted by Crippen LogP contribution is 2.33. The lowest BCUT2D eigenvalue weighted by Crippen LogP contribution is -2.43. The number of benzene rings is 1. The molecular weight excluding hydrogens is 408 g/mol. The van der Waals surface area contributed by atoms with E-state index in [1.165, 1.54) is 25.9 Å². The number of nitrogens with zero attached hydrogens (tertiary/aromatic N) is 3. The molecule has 2 aliphatic rings. The fourth-order valence-corrected chi connectivity index (χ4v) is 5.70. The van der Waals surface area contributed by atoms with Crippen molar-refractivity contribution in [1.29, 1.82) is 0 Å². The quantitative estimate of drug-likeness (QED) is 0.699. The molecule has 170 valence electrons. The number of piperidine rings is 2. The zero-order valence-electron chi connectivity index (χ0n) is 19.1. The lowest BCUT2D eigenvalue weighted by molar-refractivity contribution is -0.125. The van der Waals surface area contributed by atoms with Crippen molar-refractivity contribution in [2.45, 2.75) is 39.5 Å². The van der Waals surface area contributed by atoms with E-state index in [1.807, 2.05) is 18.2 Å². The van der Waals surface area contributed by atoms with Gasteiger partial charge >= 0.3 is 0 Å². The van der Waals surface area contributed by atoms with Gasteiger partial charge in [-0.3, -0.25) is 4.79 Å². The Morgan fingerprint density at radius 3 is 2.68 bits per heavy atom. The van der Waals surface area contributed by atoms with Crippen LogP contribution in [0.5, 0.6) is 5.75 Å². The first kappa shape index (κ1) is 22.3. The smallest absolute Gasteiger partial charge is 0.223 e. The van der Waals surface area contributed by atoms with Crippen LogP contribution in [0.1, 0.15) is 39.5 Å².